The van der Waals surface area contributed by atoms with Gasteiger partial charge in [-0.2, -0.15) is 0 Å². The lowest BCUT2D eigenvalue weighted by atomic mass is 10.0. The second-order valence-corrected chi connectivity index (χ2v) is 4.79. The van der Waals surface area contributed by atoms with Crippen LogP contribution in [0.15, 0.2) is 0 Å². The van der Waals surface area contributed by atoms with E-state index in [1.807, 2.05) is 0 Å². The van der Waals surface area contributed by atoms with E-state index in [4.69, 9.17) is 0 Å². The molecule has 1 unspecified atom stereocenters. The van der Waals surface area contributed by atoms with Crippen LogP contribution in [-0.2, 0) is 4.57 Å². The molecule has 0 spiro atoms. The van der Waals surface area contributed by atoms with Crippen LogP contribution in [0.5, 0.6) is 0 Å². The first kappa shape index (κ1) is 5.85. The highest BCUT2D eigenvalue weighted by atomic mass is 31.1. The van der Waals surface area contributed by atoms with Gasteiger partial charge in [0, 0.05) is 0 Å². The highest BCUT2D eigenvalue weighted by Gasteiger charge is 2.51. The number of rotatable bonds is 1. The molecule has 2 heteroatoms. The van der Waals surface area contributed by atoms with Crippen molar-refractivity contribution in [1.82, 2.24) is 0 Å². The van der Waals surface area contributed by atoms with Crippen molar-refractivity contribution in [3.63, 3.8) is 0 Å². The van der Waals surface area contributed by atoms with Crippen molar-refractivity contribution < 1.29 is 4.57 Å². The van der Waals surface area contributed by atoms with E-state index in [1.54, 1.807) is 0 Å². The SMILES string of the molecule is O=[PH+]C12CCC(CC1)C2. The van der Waals surface area contributed by atoms with Crippen LogP contribution < -0.4 is 0 Å². The first-order valence-electron chi connectivity index (χ1n) is 3.74. The second kappa shape index (κ2) is 1.79. The average Bonchev–Trinajstić information content (AvgIpc) is 2.46. The molecule has 0 amide bonds. The molecule has 9 heavy (non-hydrogen) atoms. The average molecular weight is 143 g/mol. The summed E-state index contributed by atoms with van der Waals surface area (Å²) < 4.78 is 10.7. The Balaban J connectivity index is 2.21. The predicted molar refractivity (Wildman–Crippen MR) is 38.3 cm³/mol. The van der Waals surface area contributed by atoms with E-state index < -0.39 is 0 Å². The zero-order valence-corrected chi connectivity index (χ0v) is 6.52. The van der Waals surface area contributed by atoms with Gasteiger partial charge in [0.15, 0.2) is 5.16 Å². The van der Waals surface area contributed by atoms with Crippen LogP contribution in [0, 0.1) is 5.92 Å². The minimum absolute atomic E-state index is 0.0266. The number of hydrogen-bond acceptors (Lipinski definition) is 1. The largest absolute Gasteiger partial charge is 0.331 e. The van der Waals surface area contributed by atoms with Crippen molar-refractivity contribution in [1.29, 1.82) is 0 Å². The van der Waals surface area contributed by atoms with Crippen LogP contribution in [0.2, 0.25) is 0 Å². The summed E-state index contributed by atoms with van der Waals surface area (Å²) in [6, 6.07) is 0. The minimum Gasteiger partial charge on any atom is -0.0768 e. The third-order valence-corrected chi connectivity index (χ3v) is 4.10. The monoisotopic (exact) mass is 143 g/mol. The first-order valence-corrected chi connectivity index (χ1v) is 4.65. The molecular formula is C7H12OP+. The maximum Gasteiger partial charge on any atom is 0.331 e. The lowest BCUT2D eigenvalue weighted by molar-refractivity contribution is 0.487. The molecule has 0 aromatic heterocycles. The van der Waals surface area contributed by atoms with Gasteiger partial charge in [0.2, 0.25) is 0 Å². The van der Waals surface area contributed by atoms with Crippen molar-refractivity contribution in [2.75, 3.05) is 0 Å². The topological polar surface area (TPSA) is 17.1 Å². The zero-order chi connectivity index (χ0) is 6.32. The summed E-state index contributed by atoms with van der Waals surface area (Å²) in [6.45, 7) is 0. The summed E-state index contributed by atoms with van der Waals surface area (Å²) in [4.78, 5) is 0. The maximum absolute atomic E-state index is 10.7. The van der Waals surface area contributed by atoms with Crippen LogP contribution in [0.3, 0.4) is 0 Å². The molecule has 2 aliphatic carbocycles. The molecule has 0 aromatic rings. The van der Waals surface area contributed by atoms with Crippen LogP contribution in [0.25, 0.3) is 0 Å². The van der Waals surface area contributed by atoms with Crippen molar-refractivity contribution in [3.8, 4) is 0 Å². The van der Waals surface area contributed by atoms with Crippen molar-refractivity contribution in [2.45, 2.75) is 37.3 Å². The Morgan fingerprint density at radius 2 is 2.00 bits per heavy atom. The van der Waals surface area contributed by atoms with Crippen LogP contribution in [0.1, 0.15) is 32.1 Å². The Bertz CT molecular complexity index is 136. The Labute approximate surface area is 57.0 Å². The molecule has 0 N–H and O–H groups in total. The van der Waals surface area contributed by atoms with Crippen molar-refractivity contribution in [3.05, 3.63) is 0 Å². The number of hydrogen-bond donors (Lipinski definition) is 0. The Kier molecular flexibility index (Phi) is 1.16. The molecule has 2 saturated carbocycles. The van der Waals surface area contributed by atoms with Gasteiger partial charge in [0.05, 0.1) is 0 Å². The van der Waals surface area contributed by atoms with Gasteiger partial charge in [-0.1, -0.05) is 4.57 Å². The summed E-state index contributed by atoms with van der Waals surface area (Å²) in [6.07, 6.45) is 6.48. The van der Waals surface area contributed by atoms with Gasteiger partial charge in [-0.25, -0.2) is 0 Å². The lowest BCUT2D eigenvalue weighted by Gasteiger charge is -2.09. The molecule has 0 heterocycles. The van der Waals surface area contributed by atoms with Crippen molar-refractivity contribution >= 4 is 8.46 Å². The summed E-state index contributed by atoms with van der Waals surface area (Å²) in [5.74, 6) is 0.950. The van der Waals surface area contributed by atoms with E-state index in [2.05, 4.69) is 0 Å². The standard InChI is InChI=1S/C7H11OP/c8-9-7-3-1-6(5-7)2-4-7/h6H,1-5H2/p+1. The molecule has 0 aliphatic heterocycles. The number of fused-ring (bicyclic) bond motifs is 2. The minimum atomic E-state index is -0.0266. The van der Waals surface area contributed by atoms with E-state index in [9.17, 15) is 4.57 Å². The fraction of sp³-hybridized carbons (Fsp3) is 1.00. The first-order chi connectivity index (χ1) is 4.35. The highest BCUT2D eigenvalue weighted by Crippen LogP contribution is 2.54. The molecule has 2 rings (SSSR count). The van der Waals surface area contributed by atoms with Gasteiger partial charge in [-0.05, 0) is 38.0 Å². The van der Waals surface area contributed by atoms with Crippen LogP contribution in [-0.4, -0.2) is 5.16 Å². The van der Waals surface area contributed by atoms with E-state index in [1.165, 1.54) is 32.1 Å². The Morgan fingerprint density at radius 3 is 2.22 bits per heavy atom. The Morgan fingerprint density at radius 1 is 1.33 bits per heavy atom. The summed E-state index contributed by atoms with van der Waals surface area (Å²) >= 11 is 0. The van der Waals surface area contributed by atoms with Gasteiger partial charge in [0.25, 0.3) is 0 Å². The van der Waals surface area contributed by atoms with E-state index in [0.29, 0.717) is 5.16 Å². The molecule has 2 aliphatic rings. The third-order valence-electron chi connectivity index (χ3n) is 2.96. The molecule has 2 fully saturated rings. The summed E-state index contributed by atoms with van der Waals surface area (Å²) in [7, 11) is -0.0266. The summed E-state index contributed by atoms with van der Waals surface area (Å²) in [5.41, 5.74) is 0. The van der Waals surface area contributed by atoms with E-state index in [-0.39, 0.29) is 8.46 Å². The quantitative estimate of drug-likeness (QED) is 0.515. The molecule has 0 aromatic carbocycles. The van der Waals surface area contributed by atoms with Gasteiger partial charge >= 0.3 is 8.46 Å². The molecule has 50 valence electrons. The summed E-state index contributed by atoms with van der Waals surface area (Å²) in [5, 5.41) is 0.324. The van der Waals surface area contributed by atoms with Crippen LogP contribution in [0.4, 0.5) is 0 Å². The third kappa shape index (κ3) is 0.746. The van der Waals surface area contributed by atoms with Gasteiger partial charge in [-0.15, -0.1) is 0 Å². The van der Waals surface area contributed by atoms with Gasteiger partial charge in [-0.3, -0.25) is 0 Å². The Hall–Kier alpha value is 0.100. The molecule has 0 radical (unpaired) electrons. The molecule has 1 atom stereocenters. The lowest BCUT2D eigenvalue weighted by Crippen LogP contribution is -2.12. The van der Waals surface area contributed by atoms with Crippen molar-refractivity contribution in [2.24, 2.45) is 5.92 Å². The van der Waals surface area contributed by atoms with Gasteiger partial charge in [0.1, 0.15) is 0 Å². The zero-order valence-electron chi connectivity index (χ0n) is 5.52. The fourth-order valence-electron chi connectivity index (χ4n) is 2.33. The van der Waals surface area contributed by atoms with Gasteiger partial charge < -0.3 is 0 Å². The molecule has 2 bridgehead atoms. The van der Waals surface area contributed by atoms with E-state index in [0.717, 1.165) is 5.92 Å². The van der Waals surface area contributed by atoms with E-state index >= 15 is 0 Å². The normalized spacial score (nSPS) is 48.7. The molecular weight excluding hydrogens is 131 g/mol. The van der Waals surface area contributed by atoms with Crippen LogP contribution >= 0.6 is 8.46 Å². The second-order valence-electron chi connectivity index (χ2n) is 3.53. The predicted octanol–water partition coefficient (Wildman–Crippen LogP) is 2.34. The molecule has 1 nitrogen and oxygen atoms in total. The maximum atomic E-state index is 10.7. The smallest absolute Gasteiger partial charge is 0.0768 e. The highest BCUT2D eigenvalue weighted by molar-refractivity contribution is 7.26. The fourth-order valence-corrected chi connectivity index (χ4v) is 3.20. The molecule has 0 saturated heterocycles.